The second-order valence-electron chi connectivity index (χ2n) is 6.64. The second kappa shape index (κ2) is 8.95. The van der Waals surface area contributed by atoms with Crippen molar-refractivity contribution < 1.29 is 22.5 Å². The molecular formula is C20H22N4O5S. The number of sulfonamides is 1. The van der Waals surface area contributed by atoms with Crippen LogP contribution in [0, 0.1) is 0 Å². The maximum absolute atomic E-state index is 12.3. The third kappa shape index (κ3) is 5.35. The average molecular weight is 430 g/mol. The molecule has 10 heteroatoms. The van der Waals surface area contributed by atoms with Gasteiger partial charge in [0.2, 0.25) is 21.7 Å². The van der Waals surface area contributed by atoms with E-state index < -0.39 is 10.0 Å². The fourth-order valence-electron chi connectivity index (χ4n) is 2.51. The van der Waals surface area contributed by atoms with Gasteiger partial charge in [0.25, 0.3) is 5.91 Å². The maximum atomic E-state index is 12.3. The largest absolute Gasteiger partial charge is 0.484 e. The molecule has 0 bridgehead atoms. The van der Waals surface area contributed by atoms with Gasteiger partial charge in [0, 0.05) is 19.7 Å². The molecule has 3 rings (SSSR count). The normalized spacial score (nSPS) is 11.2. The summed E-state index contributed by atoms with van der Waals surface area (Å²) in [5.41, 5.74) is 1.33. The molecule has 0 atom stereocenters. The summed E-state index contributed by atoms with van der Waals surface area (Å²) in [5.74, 6) is 0.957. The minimum Gasteiger partial charge on any atom is -0.484 e. The van der Waals surface area contributed by atoms with Crippen LogP contribution in [0.15, 0.2) is 59.1 Å². The number of rotatable bonds is 8. The molecule has 0 N–H and O–H groups in total. The molecule has 1 heterocycles. The SMILES string of the molecule is CN(Cc1nc(-c2ccccc2)no1)C(=O)COc1ccc(N(C)S(C)(=O)=O)cc1. The van der Waals surface area contributed by atoms with Crippen LogP contribution in [0.1, 0.15) is 5.89 Å². The van der Waals surface area contributed by atoms with Crippen molar-refractivity contribution >= 4 is 21.6 Å². The van der Waals surface area contributed by atoms with E-state index in [-0.39, 0.29) is 19.1 Å². The number of hydrogen-bond donors (Lipinski definition) is 0. The zero-order valence-electron chi connectivity index (χ0n) is 16.8. The Morgan fingerprint density at radius 3 is 2.37 bits per heavy atom. The summed E-state index contributed by atoms with van der Waals surface area (Å²) in [5, 5.41) is 3.93. The van der Waals surface area contributed by atoms with E-state index in [0.29, 0.717) is 23.2 Å². The van der Waals surface area contributed by atoms with Gasteiger partial charge in [-0.25, -0.2) is 8.42 Å². The van der Waals surface area contributed by atoms with E-state index in [9.17, 15) is 13.2 Å². The number of nitrogens with zero attached hydrogens (tertiary/aromatic N) is 4. The highest BCUT2D eigenvalue weighted by atomic mass is 32.2. The van der Waals surface area contributed by atoms with Gasteiger partial charge in [0.05, 0.1) is 18.5 Å². The Hall–Kier alpha value is -3.40. The van der Waals surface area contributed by atoms with Crippen molar-refractivity contribution in [1.82, 2.24) is 15.0 Å². The quantitative estimate of drug-likeness (QED) is 0.539. The van der Waals surface area contributed by atoms with Crippen molar-refractivity contribution in [2.45, 2.75) is 6.54 Å². The number of benzene rings is 2. The minimum atomic E-state index is -3.34. The lowest BCUT2D eigenvalue weighted by Gasteiger charge is -2.17. The minimum absolute atomic E-state index is 0.153. The maximum Gasteiger partial charge on any atom is 0.260 e. The fourth-order valence-corrected chi connectivity index (χ4v) is 3.02. The van der Waals surface area contributed by atoms with Crippen molar-refractivity contribution in [2.75, 3.05) is 31.3 Å². The molecule has 0 saturated heterocycles. The monoisotopic (exact) mass is 430 g/mol. The van der Waals surface area contributed by atoms with Crippen LogP contribution in [0.3, 0.4) is 0 Å². The number of amides is 1. The third-order valence-electron chi connectivity index (χ3n) is 4.36. The summed E-state index contributed by atoms with van der Waals surface area (Å²) in [4.78, 5) is 18.1. The van der Waals surface area contributed by atoms with Gasteiger partial charge in [0.15, 0.2) is 6.61 Å². The highest BCUT2D eigenvalue weighted by Gasteiger charge is 2.16. The van der Waals surface area contributed by atoms with Crippen molar-refractivity contribution in [3.8, 4) is 17.1 Å². The summed E-state index contributed by atoms with van der Waals surface area (Å²) < 4.78 is 35.0. The van der Waals surface area contributed by atoms with E-state index >= 15 is 0 Å². The van der Waals surface area contributed by atoms with Crippen molar-refractivity contribution in [2.24, 2.45) is 0 Å². The lowest BCUT2D eigenvalue weighted by molar-refractivity contribution is -0.132. The van der Waals surface area contributed by atoms with Gasteiger partial charge in [-0.05, 0) is 24.3 Å². The Labute approximate surface area is 174 Å². The van der Waals surface area contributed by atoms with Crippen LogP contribution in [-0.2, 0) is 21.4 Å². The summed E-state index contributed by atoms with van der Waals surface area (Å²) in [7, 11) is -0.264. The molecule has 0 unspecified atom stereocenters. The van der Waals surface area contributed by atoms with E-state index in [2.05, 4.69) is 10.1 Å². The van der Waals surface area contributed by atoms with Crippen LogP contribution in [0.2, 0.25) is 0 Å². The molecule has 158 valence electrons. The highest BCUT2D eigenvalue weighted by molar-refractivity contribution is 7.92. The first kappa shape index (κ1) is 21.3. The van der Waals surface area contributed by atoms with E-state index in [0.717, 1.165) is 16.1 Å². The molecule has 30 heavy (non-hydrogen) atoms. The number of aromatic nitrogens is 2. The van der Waals surface area contributed by atoms with Gasteiger partial charge in [-0.15, -0.1) is 0 Å². The van der Waals surface area contributed by atoms with Crippen LogP contribution in [0.5, 0.6) is 5.75 Å². The van der Waals surface area contributed by atoms with E-state index in [4.69, 9.17) is 9.26 Å². The lowest BCUT2D eigenvalue weighted by Crippen LogP contribution is -2.31. The van der Waals surface area contributed by atoms with Gasteiger partial charge in [0.1, 0.15) is 5.75 Å². The molecule has 1 aromatic heterocycles. The van der Waals surface area contributed by atoms with Crippen molar-refractivity contribution in [3.05, 3.63) is 60.5 Å². The standard InChI is InChI=1S/C20H22N4O5S/c1-23(13-18-21-20(22-29-18)15-7-5-4-6-8-15)19(25)14-28-17-11-9-16(10-12-17)24(2)30(3,26)27/h4-12H,13-14H2,1-3H3. The fraction of sp³-hybridized carbons (Fsp3) is 0.250. The van der Waals surface area contributed by atoms with Crippen LogP contribution in [-0.4, -0.2) is 56.3 Å². The predicted octanol–water partition coefficient (Wildman–Crippen LogP) is 2.17. The van der Waals surface area contributed by atoms with Crippen LogP contribution in [0.4, 0.5) is 5.69 Å². The first-order valence-corrected chi connectivity index (χ1v) is 10.9. The number of anilines is 1. The summed E-state index contributed by atoms with van der Waals surface area (Å²) in [6, 6.07) is 15.8. The molecule has 9 nitrogen and oxygen atoms in total. The molecule has 1 amide bonds. The van der Waals surface area contributed by atoms with Gasteiger partial charge >= 0.3 is 0 Å². The Kier molecular flexibility index (Phi) is 6.36. The number of carbonyl (C=O) groups is 1. The molecule has 0 saturated carbocycles. The molecule has 3 aromatic rings. The van der Waals surface area contributed by atoms with Crippen LogP contribution < -0.4 is 9.04 Å². The molecule has 0 aliphatic rings. The molecule has 0 aliphatic heterocycles. The van der Waals surface area contributed by atoms with Crippen molar-refractivity contribution in [1.29, 1.82) is 0 Å². The zero-order valence-corrected chi connectivity index (χ0v) is 17.7. The first-order chi connectivity index (χ1) is 14.2. The van der Waals surface area contributed by atoms with Crippen LogP contribution in [0.25, 0.3) is 11.4 Å². The number of likely N-dealkylation sites (N-methyl/N-ethyl adjacent to an activating group) is 1. The first-order valence-electron chi connectivity index (χ1n) is 9.03. The molecule has 0 fully saturated rings. The third-order valence-corrected chi connectivity index (χ3v) is 5.56. The molecular weight excluding hydrogens is 408 g/mol. The predicted molar refractivity (Wildman–Crippen MR) is 111 cm³/mol. The topological polar surface area (TPSA) is 106 Å². The zero-order chi connectivity index (χ0) is 21.7. The Balaban J connectivity index is 1.53. The number of ether oxygens (including phenoxy) is 1. The summed E-state index contributed by atoms with van der Waals surface area (Å²) >= 11 is 0. The van der Waals surface area contributed by atoms with Crippen molar-refractivity contribution in [3.63, 3.8) is 0 Å². The van der Waals surface area contributed by atoms with E-state index in [1.165, 1.54) is 11.9 Å². The van der Waals surface area contributed by atoms with E-state index in [1.54, 1.807) is 31.3 Å². The van der Waals surface area contributed by atoms with Gasteiger partial charge in [-0.1, -0.05) is 35.5 Å². The van der Waals surface area contributed by atoms with Gasteiger partial charge in [-0.3, -0.25) is 9.10 Å². The highest BCUT2D eigenvalue weighted by Crippen LogP contribution is 2.20. The van der Waals surface area contributed by atoms with Crippen LogP contribution >= 0.6 is 0 Å². The molecule has 0 aliphatic carbocycles. The molecule has 0 spiro atoms. The average Bonchev–Trinajstić information content (AvgIpc) is 3.20. The van der Waals surface area contributed by atoms with E-state index in [1.807, 2.05) is 30.3 Å². The molecule has 2 aromatic carbocycles. The Bertz CT molecular complexity index is 1100. The lowest BCUT2D eigenvalue weighted by atomic mass is 10.2. The Morgan fingerprint density at radius 2 is 1.73 bits per heavy atom. The van der Waals surface area contributed by atoms with Gasteiger partial charge in [-0.2, -0.15) is 4.98 Å². The summed E-state index contributed by atoms with van der Waals surface area (Å²) in [6.07, 6.45) is 1.12. The second-order valence-corrected chi connectivity index (χ2v) is 8.65. The number of carbonyl (C=O) groups excluding carboxylic acids is 1. The Morgan fingerprint density at radius 1 is 1.07 bits per heavy atom. The smallest absolute Gasteiger partial charge is 0.260 e. The number of hydrogen-bond acceptors (Lipinski definition) is 7. The summed E-state index contributed by atoms with van der Waals surface area (Å²) in [6.45, 7) is -0.0302. The molecule has 0 radical (unpaired) electrons. The van der Waals surface area contributed by atoms with Gasteiger partial charge < -0.3 is 14.2 Å².